The van der Waals surface area contributed by atoms with Gasteiger partial charge in [0, 0.05) is 29.8 Å². The second-order valence-corrected chi connectivity index (χ2v) is 8.41. The summed E-state index contributed by atoms with van der Waals surface area (Å²) < 4.78 is 6.95. The topological polar surface area (TPSA) is 77.2 Å². The molecule has 0 bridgehead atoms. The van der Waals surface area contributed by atoms with Gasteiger partial charge in [0.05, 0.1) is 23.7 Å². The fraction of sp³-hybridized carbons (Fsp3) is 0.227. The number of aliphatic hydroxyl groups excluding tert-OH is 1. The van der Waals surface area contributed by atoms with Crippen LogP contribution in [-0.4, -0.2) is 33.4 Å². The number of fused-ring (bicyclic) bond motifs is 1. The second-order valence-electron chi connectivity index (χ2n) is 6.61. The molecule has 0 radical (unpaired) electrons. The zero-order valence-corrected chi connectivity index (χ0v) is 18.1. The molecule has 6 nitrogen and oxygen atoms in total. The van der Waals surface area contributed by atoms with E-state index in [1.807, 2.05) is 47.8 Å². The van der Waals surface area contributed by atoms with Gasteiger partial charge in [-0.15, -0.1) is 11.3 Å². The first kappa shape index (κ1) is 20.6. The number of nitrogens with zero attached hydrogens (tertiary/aromatic N) is 3. The zero-order chi connectivity index (χ0) is 20.9. The first-order chi connectivity index (χ1) is 14.7. The van der Waals surface area contributed by atoms with Crippen molar-refractivity contribution < 1.29 is 9.84 Å². The third-order valence-electron chi connectivity index (χ3n) is 4.58. The normalized spacial score (nSPS) is 11.1. The molecule has 0 saturated heterocycles. The number of hydrogen-bond donors (Lipinski definition) is 1. The van der Waals surface area contributed by atoms with Gasteiger partial charge in [-0.1, -0.05) is 36.0 Å². The van der Waals surface area contributed by atoms with Gasteiger partial charge in [0.15, 0.2) is 5.16 Å². The fourth-order valence-corrected chi connectivity index (χ4v) is 4.92. The minimum Gasteiger partial charge on any atom is -0.497 e. The van der Waals surface area contributed by atoms with E-state index in [0.29, 0.717) is 34.8 Å². The molecule has 4 rings (SSSR count). The molecular weight excluding hydrogens is 418 g/mol. The summed E-state index contributed by atoms with van der Waals surface area (Å²) in [6.07, 6.45) is 0.504. The lowest BCUT2D eigenvalue weighted by Crippen LogP contribution is -2.24. The number of rotatable bonds is 8. The lowest BCUT2D eigenvalue weighted by atomic mass is 10.2. The Bertz CT molecular complexity index is 1220. The highest BCUT2D eigenvalue weighted by molar-refractivity contribution is 7.98. The van der Waals surface area contributed by atoms with Gasteiger partial charge in [0.25, 0.3) is 5.56 Å². The van der Waals surface area contributed by atoms with Crippen LogP contribution in [0.1, 0.15) is 12.1 Å². The van der Waals surface area contributed by atoms with Crippen molar-refractivity contribution in [2.75, 3.05) is 13.7 Å². The molecule has 2 aromatic carbocycles. The van der Waals surface area contributed by atoms with E-state index >= 15 is 0 Å². The van der Waals surface area contributed by atoms with E-state index in [1.54, 1.807) is 29.1 Å². The van der Waals surface area contributed by atoms with Crippen LogP contribution >= 0.6 is 23.1 Å². The van der Waals surface area contributed by atoms with Crippen molar-refractivity contribution >= 4 is 34.0 Å². The summed E-state index contributed by atoms with van der Waals surface area (Å²) in [5, 5.41) is 13.4. The monoisotopic (exact) mass is 439 g/mol. The maximum atomic E-state index is 12.9. The molecule has 0 saturated carbocycles. The molecule has 30 heavy (non-hydrogen) atoms. The van der Waals surface area contributed by atoms with E-state index in [-0.39, 0.29) is 12.2 Å². The molecule has 4 aromatic rings. The molecule has 2 aromatic heterocycles. The summed E-state index contributed by atoms with van der Waals surface area (Å²) in [4.78, 5) is 22.3. The van der Waals surface area contributed by atoms with Crippen molar-refractivity contribution in [2.24, 2.45) is 0 Å². The second kappa shape index (κ2) is 9.42. The maximum absolute atomic E-state index is 12.9. The number of thioether (sulfide) groups is 1. The SMILES string of the molecule is COc1cccc(-c2nc(CSc3nc4ccccc4c(=O)n3CCCO)cs2)c1. The van der Waals surface area contributed by atoms with E-state index in [9.17, 15) is 9.90 Å². The van der Waals surface area contributed by atoms with Crippen LogP contribution in [0.15, 0.2) is 63.9 Å². The number of thiazole rings is 1. The minimum absolute atomic E-state index is 0.0271. The number of para-hydroxylation sites is 1. The summed E-state index contributed by atoms with van der Waals surface area (Å²) in [5.41, 5.74) is 2.55. The van der Waals surface area contributed by atoms with Crippen molar-refractivity contribution in [3.8, 4) is 16.3 Å². The van der Waals surface area contributed by atoms with E-state index in [2.05, 4.69) is 0 Å². The Kier molecular flexibility index (Phi) is 6.47. The Morgan fingerprint density at radius 3 is 2.87 bits per heavy atom. The van der Waals surface area contributed by atoms with Gasteiger partial charge in [-0.25, -0.2) is 9.97 Å². The molecule has 1 N–H and O–H groups in total. The van der Waals surface area contributed by atoms with Crippen LogP contribution in [0.4, 0.5) is 0 Å². The summed E-state index contributed by atoms with van der Waals surface area (Å²) in [6, 6.07) is 15.2. The number of ether oxygens (including phenoxy) is 1. The summed E-state index contributed by atoms with van der Waals surface area (Å²) in [6.45, 7) is 0.459. The Labute approximate surface area is 182 Å². The number of aliphatic hydroxyl groups is 1. The summed E-state index contributed by atoms with van der Waals surface area (Å²) in [5.74, 6) is 1.40. The molecule has 0 spiro atoms. The molecule has 154 valence electrons. The fourth-order valence-electron chi connectivity index (χ4n) is 3.08. The van der Waals surface area contributed by atoms with Crippen LogP contribution in [0, 0.1) is 0 Å². The van der Waals surface area contributed by atoms with E-state index < -0.39 is 0 Å². The minimum atomic E-state index is -0.0769. The standard InChI is InChI=1S/C22H21N3O3S2/c1-28-17-7-4-6-15(12-17)20-23-16(13-29-20)14-30-22-24-19-9-3-2-8-18(19)21(27)25(22)10-5-11-26/h2-4,6-9,12-13,26H,5,10-11,14H2,1H3. The smallest absolute Gasteiger partial charge is 0.262 e. The number of aromatic nitrogens is 3. The van der Waals surface area contributed by atoms with E-state index in [4.69, 9.17) is 14.7 Å². The Morgan fingerprint density at radius 1 is 1.17 bits per heavy atom. The molecule has 0 aliphatic carbocycles. The van der Waals surface area contributed by atoms with Crippen LogP contribution in [0.2, 0.25) is 0 Å². The molecule has 0 fully saturated rings. The van der Waals surface area contributed by atoms with Gasteiger partial charge >= 0.3 is 0 Å². The van der Waals surface area contributed by atoms with Gasteiger partial charge in [0.2, 0.25) is 0 Å². The first-order valence-electron chi connectivity index (χ1n) is 9.51. The highest BCUT2D eigenvalue weighted by Gasteiger charge is 2.13. The number of methoxy groups -OCH3 is 1. The van der Waals surface area contributed by atoms with E-state index in [1.165, 1.54) is 11.8 Å². The lowest BCUT2D eigenvalue weighted by molar-refractivity contribution is 0.276. The lowest BCUT2D eigenvalue weighted by Gasteiger charge is -2.12. The first-order valence-corrected chi connectivity index (χ1v) is 11.4. The quantitative estimate of drug-likeness (QED) is 0.327. The molecular formula is C22H21N3O3S2. The maximum Gasteiger partial charge on any atom is 0.262 e. The van der Waals surface area contributed by atoms with Gasteiger partial charge in [-0.2, -0.15) is 0 Å². The zero-order valence-electron chi connectivity index (χ0n) is 16.4. The van der Waals surface area contributed by atoms with Crippen molar-refractivity contribution in [3.05, 3.63) is 70.0 Å². The molecule has 0 atom stereocenters. The average Bonchev–Trinajstić information content (AvgIpc) is 3.26. The van der Waals surface area contributed by atoms with Gasteiger partial charge in [0.1, 0.15) is 10.8 Å². The van der Waals surface area contributed by atoms with E-state index in [0.717, 1.165) is 22.0 Å². The van der Waals surface area contributed by atoms with Crippen molar-refractivity contribution in [3.63, 3.8) is 0 Å². The Balaban J connectivity index is 1.59. The molecule has 0 aliphatic rings. The van der Waals surface area contributed by atoms with Crippen LogP contribution < -0.4 is 10.3 Å². The molecule has 2 heterocycles. The van der Waals surface area contributed by atoms with Crippen molar-refractivity contribution in [1.82, 2.24) is 14.5 Å². The largest absolute Gasteiger partial charge is 0.497 e. The van der Waals surface area contributed by atoms with Crippen LogP contribution in [-0.2, 0) is 12.3 Å². The van der Waals surface area contributed by atoms with Gasteiger partial charge in [-0.05, 0) is 30.7 Å². The highest BCUT2D eigenvalue weighted by Crippen LogP contribution is 2.29. The predicted octanol–water partition coefficient (Wildman–Crippen LogP) is 4.20. The highest BCUT2D eigenvalue weighted by atomic mass is 32.2. The Hall–Kier alpha value is -2.68. The summed E-state index contributed by atoms with van der Waals surface area (Å²) in [7, 11) is 1.65. The average molecular weight is 440 g/mol. The predicted molar refractivity (Wildman–Crippen MR) is 121 cm³/mol. The van der Waals surface area contributed by atoms with Crippen LogP contribution in [0.3, 0.4) is 0 Å². The third-order valence-corrected chi connectivity index (χ3v) is 6.53. The number of hydrogen-bond acceptors (Lipinski definition) is 7. The van der Waals surface area contributed by atoms with Gasteiger partial charge < -0.3 is 9.84 Å². The third kappa shape index (κ3) is 4.40. The molecule has 0 unspecified atom stereocenters. The summed E-state index contributed by atoms with van der Waals surface area (Å²) >= 11 is 3.06. The Morgan fingerprint density at radius 2 is 2.03 bits per heavy atom. The molecule has 0 aliphatic heterocycles. The number of benzene rings is 2. The van der Waals surface area contributed by atoms with Gasteiger partial charge in [-0.3, -0.25) is 9.36 Å². The van der Waals surface area contributed by atoms with Crippen molar-refractivity contribution in [1.29, 1.82) is 0 Å². The molecule has 8 heteroatoms. The van der Waals surface area contributed by atoms with Crippen LogP contribution in [0.25, 0.3) is 21.5 Å². The van der Waals surface area contributed by atoms with Crippen LogP contribution in [0.5, 0.6) is 5.75 Å². The molecule has 0 amide bonds. The van der Waals surface area contributed by atoms with Crippen molar-refractivity contribution in [2.45, 2.75) is 23.9 Å².